The zero-order chi connectivity index (χ0) is 24.7. The lowest BCUT2D eigenvalue weighted by Gasteiger charge is -2.30. The summed E-state index contributed by atoms with van der Waals surface area (Å²) < 4.78 is 42.5. The molecule has 3 heterocycles. The number of carbonyl (C=O) groups is 2. The Kier molecular flexibility index (Phi) is 5.84. The molecule has 0 bridgehead atoms. The van der Waals surface area contributed by atoms with Gasteiger partial charge in [-0.3, -0.25) is 9.59 Å². The number of hydrogen-bond acceptors (Lipinski definition) is 4. The van der Waals surface area contributed by atoms with Crippen molar-refractivity contribution in [2.24, 2.45) is 5.73 Å². The second kappa shape index (κ2) is 8.84. The molecule has 10 heteroatoms. The van der Waals surface area contributed by atoms with Gasteiger partial charge in [0.25, 0.3) is 5.91 Å². The molecule has 0 aliphatic carbocycles. The van der Waals surface area contributed by atoms with E-state index in [0.29, 0.717) is 29.9 Å². The summed E-state index contributed by atoms with van der Waals surface area (Å²) in [7, 11) is 0. The molecule has 0 unspecified atom stereocenters. The average molecular weight is 483 g/mol. The minimum atomic E-state index is -4.69. The number of nitrogens with two attached hydrogens (primary N) is 1. The summed E-state index contributed by atoms with van der Waals surface area (Å²) in [6.45, 7) is 0.937. The van der Waals surface area contributed by atoms with Crippen LogP contribution in [0.4, 0.5) is 24.5 Å². The van der Waals surface area contributed by atoms with Gasteiger partial charge in [0.05, 0.1) is 5.69 Å². The van der Waals surface area contributed by atoms with Crippen molar-refractivity contribution in [1.29, 1.82) is 0 Å². The lowest BCUT2D eigenvalue weighted by molar-refractivity contribution is -0.142. The van der Waals surface area contributed by atoms with Crippen LogP contribution in [0.2, 0.25) is 0 Å². The molecule has 2 N–H and O–H groups in total. The Bertz CT molecular complexity index is 1280. The van der Waals surface area contributed by atoms with Crippen molar-refractivity contribution in [3.05, 3.63) is 71.0 Å². The van der Waals surface area contributed by atoms with Crippen molar-refractivity contribution < 1.29 is 22.8 Å². The second-order valence-corrected chi connectivity index (χ2v) is 8.69. The predicted octanol–water partition coefficient (Wildman–Crippen LogP) is 4.07. The first-order valence-corrected chi connectivity index (χ1v) is 11.5. The van der Waals surface area contributed by atoms with E-state index in [1.807, 2.05) is 0 Å². The van der Waals surface area contributed by atoms with E-state index in [1.165, 1.54) is 4.90 Å². The SMILES string of the molecule is NCc1cccc(-n2nc(C(F)(F)F)c3c2C(=O)N(c2ccc(N4CCCCC4=O)cc2)CC3)c1. The van der Waals surface area contributed by atoms with E-state index < -0.39 is 17.8 Å². The van der Waals surface area contributed by atoms with Gasteiger partial charge in [0.15, 0.2) is 5.69 Å². The first-order valence-electron chi connectivity index (χ1n) is 11.5. The number of piperidine rings is 1. The molecule has 2 amide bonds. The molecule has 5 rings (SSSR count). The fourth-order valence-electron chi connectivity index (χ4n) is 4.73. The lowest BCUT2D eigenvalue weighted by Crippen LogP contribution is -2.39. The Labute approximate surface area is 199 Å². The number of nitrogens with zero attached hydrogens (tertiary/aromatic N) is 4. The maximum Gasteiger partial charge on any atom is 0.435 e. The highest BCUT2D eigenvalue weighted by Crippen LogP contribution is 2.37. The third-order valence-corrected chi connectivity index (χ3v) is 6.47. The fraction of sp³-hybridized carbons (Fsp3) is 0.320. The van der Waals surface area contributed by atoms with E-state index in [-0.39, 0.29) is 36.7 Å². The van der Waals surface area contributed by atoms with Crippen LogP contribution in [0.3, 0.4) is 0 Å². The Balaban J connectivity index is 1.52. The molecule has 1 fully saturated rings. The van der Waals surface area contributed by atoms with E-state index in [9.17, 15) is 22.8 Å². The lowest BCUT2D eigenvalue weighted by atomic mass is 10.0. The number of anilines is 2. The van der Waals surface area contributed by atoms with Gasteiger partial charge in [0.2, 0.25) is 5.91 Å². The highest BCUT2D eigenvalue weighted by Gasteiger charge is 2.43. The van der Waals surface area contributed by atoms with E-state index in [2.05, 4.69) is 5.10 Å². The molecule has 7 nitrogen and oxygen atoms in total. The Morgan fingerprint density at radius 2 is 1.60 bits per heavy atom. The van der Waals surface area contributed by atoms with E-state index >= 15 is 0 Å². The first-order chi connectivity index (χ1) is 16.8. The van der Waals surface area contributed by atoms with Gasteiger partial charge in [-0.05, 0) is 61.2 Å². The Morgan fingerprint density at radius 3 is 2.26 bits per heavy atom. The van der Waals surface area contributed by atoms with Crippen LogP contribution in [0.1, 0.15) is 46.6 Å². The zero-order valence-electron chi connectivity index (χ0n) is 18.9. The minimum absolute atomic E-state index is 0.0128. The standard InChI is InChI=1S/C25H24F3N5O2/c26-25(27,28)23-20-11-13-32(18-9-7-17(8-10-18)31-12-2-1-6-21(31)34)24(35)22(20)33(30-23)19-5-3-4-16(14-19)15-29/h3-5,7-10,14H,1-2,6,11-13,15,29H2. The molecular formula is C25H24F3N5O2. The topological polar surface area (TPSA) is 84.5 Å². The van der Waals surface area contributed by atoms with Crippen molar-refractivity contribution in [1.82, 2.24) is 9.78 Å². The van der Waals surface area contributed by atoms with Crippen LogP contribution in [-0.2, 0) is 23.9 Å². The van der Waals surface area contributed by atoms with Crippen molar-refractivity contribution in [3.8, 4) is 5.69 Å². The van der Waals surface area contributed by atoms with Crippen LogP contribution in [0.25, 0.3) is 5.69 Å². The van der Waals surface area contributed by atoms with Crippen molar-refractivity contribution >= 4 is 23.2 Å². The molecular weight excluding hydrogens is 459 g/mol. The summed E-state index contributed by atoms with van der Waals surface area (Å²) in [5, 5.41) is 3.83. The number of alkyl halides is 3. The quantitative estimate of drug-likeness (QED) is 0.607. The van der Waals surface area contributed by atoms with Gasteiger partial charge in [-0.1, -0.05) is 12.1 Å². The highest BCUT2D eigenvalue weighted by atomic mass is 19.4. The normalized spacial score (nSPS) is 16.6. The number of rotatable bonds is 4. The number of halogens is 3. The van der Waals surface area contributed by atoms with Crippen molar-refractivity contribution in [3.63, 3.8) is 0 Å². The van der Waals surface area contributed by atoms with Gasteiger partial charge in [-0.2, -0.15) is 18.3 Å². The molecule has 1 saturated heterocycles. The summed E-state index contributed by atoms with van der Waals surface area (Å²) in [6, 6.07) is 13.6. The molecule has 2 aliphatic heterocycles. The zero-order valence-corrected chi connectivity index (χ0v) is 18.9. The van der Waals surface area contributed by atoms with Crippen LogP contribution in [0.15, 0.2) is 48.5 Å². The number of carbonyl (C=O) groups excluding carboxylic acids is 2. The van der Waals surface area contributed by atoms with E-state index in [0.717, 1.165) is 23.2 Å². The van der Waals surface area contributed by atoms with Gasteiger partial charge < -0.3 is 15.5 Å². The number of benzene rings is 2. The Morgan fingerprint density at radius 1 is 0.886 bits per heavy atom. The van der Waals surface area contributed by atoms with Crippen LogP contribution < -0.4 is 15.5 Å². The molecule has 0 radical (unpaired) electrons. The third kappa shape index (κ3) is 4.18. The number of amides is 2. The summed E-state index contributed by atoms with van der Waals surface area (Å²) in [4.78, 5) is 29.0. The third-order valence-electron chi connectivity index (χ3n) is 6.47. The monoisotopic (exact) mass is 483 g/mol. The van der Waals surface area contributed by atoms with Crippen molar-refractivity contribution in [2.45, 2.75) is 38.4 Å². The van der Waals surface area contributed by atoms with Crippen LogP contribution in [0.5, 0.6) is 0 Å². The molecule has 0 saturated carbocycles. The molecule has 35 heavy (non-hydrogen) atoms. The van der Waals surface area contributed by atoms with Crippen LogP contribution >= 0.6 is 0 Å². The second-order valence-electron chi connectivity index (χ2n) is 8.69. The van der Waals surface area contributed by atoms with Gasteiger partial charge in [-0.15, -0.1) is 0 Å². The summed E-state index contributed by atoms with van der Waals surface area (Å²) in [5.41, 5.74) is 6.79. The first kappa shape index (κ1) is 23.1. The molecule has 0 atom stereocenters. The summed E-state index contributed by atoms with van der Waals surface area (Å²) in [5.74, 6) is -0.500. The average Bonchev–Trinajstić information content (AvgIpc) is 3.26. The summed E-state index contributed by atoms with van der Waals surface area (Å²) in [6.07, 6.45) is -2.37. The molecule has 3 aromatic rings. The van der Waals surface area contributed by atoms with Crippen LogP contribution in [-0.4, -0.2) is 34.7 Å². The maximum atomic E-state index is 13.8. The molecule has 0 spiro atoms. The van der Waals surface area contributed by atoms with E-state index in [1.54, 1.807) is 53.4 Å². The number of hydrogen-bond donors (Lipinski definition) is 1. The smallest absolute Gasteiger partial charge is 0.326 e. The maximum absolute atomic E-state index is 13.8. The molecule has 1 aromatic heterocycles. The minimum Gasteiger partial charge on any atom is -0.326 e. The van der Waals surface area contributed by atoms with Gasteiger partial charge in [-0.25, -0.2) is 4.68 Å². The fourth-order valence-corrected chi connectivity index (χ4v) is 4.73. The Hall–Kier alpha value is -3.66. The van der Waals surface area contributed by atoms with Gasteiger partial charge in [0, 0.05) is 43.0 Å². The van der Waals surface area contributed by atoms with E-state index in [4.69, 9.17) is 5.73 Å². The predicted molar refractivity (Wildman–Crippen MR) is 124 cm³/mol. The number of fused-ring (bicyclic) bond motifs is 1. The summed E-state index contributed by atoms with van der Waals surface area (Å²) >= 11 is 0. The molecule has 2 aromatic carbocycles. The number of aromatic nitrogens is 2. The van der Waals surface area contributed by atoms with Gasteiger partial charge >= 0.3 is 6.18 Å². The van der Waals surface area contributed by atoms with Crippen molar-refractivity contribution in [2.75, 3.05) is 22.9 Å². The largest absolute Gasteiger partial charge is 0.435 e. The molecule has 182 valence electrons. The molecule has 2 aliphatic rings. The van der Waals surface area contributed by atoms with Gasteiger partial charge in [0.1, 0.15) is 5.69 Å². The van der Waals surface area contributed by atoms with Crippen LogP contribution in [0, 0.1) is 0 Å². The highest BCUT2D eigenvalue weighted by molar-refractivity contribution is 6.07.